The van der Waals surface area contributed by atoms with Crippen molar-refractivity contribution in [2.45, 2.75) is 102 Å². The number of benzene rings is 1. The van der Waals surface area contributed by atoms with Gasteiger partial charge < -0.3 is 18.9 Å². The van der Waals surface area contributed by atoms with Crippen LogP contribution in [-0.4, -0.2) is 25.0 Å². The van der Waals surface area contributed by atoms with Gasteiger partial charge in [-0.3, -0.25) is 0 Å². The third-order valence-corrected chi connectivity index (χ3v) is 7.98. The maximum absolute atomic E-state index is 12.5. The highest BCUT2D eigenvalue weighted by molar-refractivity contribution is 5.64. The SMILES string of the molecule is C=C(Oc1ccc(OC)cc1)C1OC(=O)OC1(CCC1CCCCC1)CCC1CCCCC1. The molecule has 1 unspecified atom stereocenters. The lowest BCUT2D eigenvalue weighted by molar-refractivity contribution is 0.000948. The summed E-state index contributed by atoms with van der Waals surface area (Å²) < 4.78 is 23.1. The Kier molecular flexibility index (Phi) is 8.21. The minimum absolute atomic E-state index is 0.443. The molecule has 3 fully saturated rings. The van der Waals surface area contributed by atoms with Crippen LogP contribution in [0.2, 0.25) is 0 Å². The first-order valence-corrected chi connectivity index (χ1v) is 13.0. The molecule has 1 aromatic carbocycles. The fourth-order valence-electron chi connectivity index (χ4n) is 5.99. The van der Waals surface area contributed by atoms with Gasteiger partial charge in [-0.25, -0.2) is 4.79 Å². The van der Waals surface area contributed by atoms with Crippen molar-refractivity contribution < 1.29 is 23.7 Å². The predicted octanol–water partition coefficient (Wildman–Crippen LogP) is 7.58. The zero-order chi connectivity index (χ0) is 23.1. The molecule has 2 saturated carbocycles. The van der Waals surface area contributed by atoms with E-state index in [0.29, 0.717) is 23.3 Å². The zero-order valence-electron chi connectivity index (χ0n) is 20.2. The summed E-state index contributed by atoms with van der Waals surface area (Å²) in [5.41, 5.74) is -0.685. The van der Waals surface area contributed by atoms with E-state index in [1.54, 1.807) is 7.11 Å². The Bertz CT molecular complexity index is 752. The molecular weight excluding hydrogens is 416 g/mol. The minimum Gasteiger partial charge on any atom is -0.497 e. The van der Waals surface area contributed by atoms with Gasteiger partial charge in [0.05, 0.1) is 7.11 Å². The summed E-state index contributed by atoms with van der Waals surface area (Å²) in [7, 11) is 1.64. The number of hydrogen-bond acceptors (Lipinski definition) is 5. The zero-order valence-corrected chi connectivity index (χ0v) is 20.2. The maximum Gasteiger partial charge on any atom is 0.509 e. The molecule has 0 amide bonds. The minimum atomic E-state index is -0.685. The van der Waals surface area contributed by atoms with Crippen molar-refractivity contribution in [3.8, 4) is 11.5 Å². The molecule has 0 N–H and O–H groups in total. The molecule has 5 heteroatoms. The second-order valence-electron chi connectivity index (χ2n) is 10.2. The molecule has 5 nitrogen and oxygen atoms in total. The Hall–Kier alpha value is -2.17. The maximum atomic E-state index is 12.5. The molecule has 4 rings (SSSR count). The van der Waals surface area contributed by atoms with E-state index in [2.05, 4.69) is 6.58 Å². The number of carbonyl (C=O) groups excluding carboxylic acids is 1. The molecule has 1 aliphatic heterocycles. The summed E-state index contributed by atoms with van der Waals surface area (Å²) in [4.78, 5) is 12.5. The average Bonchev–Trinajstić information content (AvgIpc) is 3.20. The first-order chi connectivity index (χ1) is 16.1. The summed E-state index contributed by atoms with van der Waals surface area (Å²) in [6, 6.07) is 7.37. The van der Waals surface area contributed by atoms with Crippen LogP contribution in [0.1, 0.15) is 89.9 Å². The topological polar surface area (TPSA) is 54.0 Å². The first kappa shape index (κ1) is 24.0. The predicted molar refractivity (Wildman–Crippen MR) is 128 cm³/mol. The number of methoxy groups -OCH3 is 1. The van der Waals surface area contributed by atoms with E-state index >= 15 is 0 Å². The Balaban J connectivity index is 1.48. The lowest BCUT2D eigenvalue weighted by Gasteiger charge is -2.35. The van der Waals surface area contributed by atoms with E-state index in [0.717, 1.165) is 31.4 Å². The van der Waals surface area contributed by atoms with E-state index in [9.17, 15) is 4.79 Å². The molecule has 3 aliphatic rings. The van der Waals surface area contributed by atoms with Crippen LogP contribution in [0.25, 0.3) is 0 Å². The van der Waals surface area contributed by atoms with Gasteiger partial charge in [0.2, 0.25) is 6.10 Å². The van der Waals surface area contributed by atoms with Crippen molar-refractivity contribution in [3.05, 3.63) is 36.6 Å². The summed E-state index contributed by atoms with van der Waals surface area (Å²) in [6.45, 7) is 4.18. The van der Waals surface area contributed by atoms with Crippen molar-refractivity contribution in [1.82, 2.24) is 0 Å². The molecule has 1 atom stereocenters. The third kappa shape index (κ3) is 6.24. The van der Waals surface area contributed by atoms with Gasteiger partial charge in [-0.15, -0.1) is 0 Å². The van der Waals surface area contributed by atoms with Crippen molar-refractivity contribution in [3.63, 3.8) is 0 Å². The number of ether oxygens (including phenoxy) is 4. The number of cyclic esters (lactones) is 2. The van der Waals surface area contributed by atoms with Gasteiger partial charge in [0.15, 0.2) is 5.60 Å². The van der Waals surface area contributed by atoms with E-state index in [1.165, 1.54) is 64.2 Å². The molecule has 0 aromatic heterocycles. The molecule has 1 aromatic rings. The van der Waals surface area contributed by atoms with Crippen molar-refractivity contribution >= 4 is 6.16 Å². The van der Waals surface area contributed by atoms with Crippen LogP contribution in [0.5, 0.6) is 11.5 Å². The first-order valence-electron chi connectivity index (χ1n) is 13.0. The van der Waals surface area contributed by atoms with Gasteiger partial charge in [-0.1, -0.05) is 70.8 Å². The highest BCUT2D eigenvalue weighted by atomic mass is 16.8. The molecule has 2 aliphatic carbocycles. The van der Waals surface area contributed by atoms with E-state index in [-0.39, 0.29) is 0 Å². The normalized spacial score (nSPS) is 23.5. The quantitative estimate of drug-likeness (QED) is 0.268. The molecule has 182 valence electrons. The average molecular weight is 457 g/mol. The van der Waals surface area contributed by atoms with E-state index < -0.39 is 17.9 Å². The summed E-state index contributed by atoms with van der Waals surface area (Å²) in [5, 5.41) is 0. The fourth-order valence-corrected chi connectivity index (χ4v) is 5.99. The second-order valence-corrected chi connectivity index (χ2v) is 10.2. The Labute approximate surface area is 198 Å². The largest absolute Gasteiger partial charge is 0.509 e. The van der Waals surface area contributed by atoms with Crippen molar-refractivity contribution in [2.75, 3.05) is 7.11 Å². The number of rotatable bonds is 10. The highest BCUT2D eigenvalue weighted by Crippen LogP contribution is 2.43. The molecule has 33 heavy (non-hydrogen) atoms. The molecular formula is C28H40O5. The van der Waals surface area contributed by atoms with Crippen molar-refractivity contribution in [1.29, 1.82) is 0 Å². The van der Waals surface area contributed by atoms with Gasteiger partial charge in [-0.2, -0.15) is 0 Å². The number of hydrogen-bond donors (Lipinski definition) is 0. The van der Waals surface area contributed by atoms with Gasteiger partial charge in [0, 0.05) is 0 Å². The molecule has 1 saturated heterocycles. The van der Waals surface area contributed by atoms with Crippen LogP contribution in [0.4, 0.5) is 4.79 Å². The van der Waals surface area contributed by atoms with Gasteiger partial charge in [-0.05, 0) is 61.8 Å². The molecule has 1 heterocycles. The summed E-state index contributed by atoms with van der Waals surface area (Å²) >= 11 is 0. The fraction of sp³-hybridized carbons (Fsp3) is 0.679. The number of carbonyl (C=O) groups is 1. The molecule has 0 radical (unpaired) electrons. The summed E-state index contributed by atoms with van der Waals surface area (Å²) in [5.74, 6) is 3.27. The third-order valence-electron chi connectivity index (χ3n) is 7.98. The van der Waals surface area contributed by atoms with Crippen LogP contribution in [-0.2, 0) is 9.47 Å². The van der Waals surface area contributed by atoms with Gasteiger partial charge in [0.1, 0.15) is 17.3 Å². The van der Waals surface area contributed by atoms with Gasteiger partial charge >= 0.3 is 6.16 Å². The Morgan fingerprint density at radius 3 is 1.94 bits per heavy atom. The lowest BCUT2D eigenvalue weighted by atomic mass is 9.76. The van der Waals surface area contributed by atoms with Crippen LogP contribution in [0.15, 0.2) is 36.6 Å². The van der Waals surface area contributed by atoms with Gasteiger partial charge in [0.25, 0.3) is 0 Å². The van der Waals surface area contributed by atoms with Crippen LogP contribution < -0.4 is 9.47 Å². The highest BCUT2D eigenvalue weighted by Gasteiger charge is 2.53. The Morgan fingerprint density at radius 1 is 0.909 bits per heavy atom. The summed E-state index contributed by atoms with van der Waals surface area (Å²) in [6.07, 6.45) is 15.6. The van der Waals surface area contributed by atoms with Crippen LogP contribution in [0.3, 0.4) is 0 Å². The monoisotopic (exact) mass is 456 g/mol. The van der Waals surface area contributed by atoms with Crippen molar-refractivity contribution in [2.24, 2.45) is 11.8 Å². The smallest absolute Gasteiger partial charge is 0.497 e. The van der Waals surface area contributed by atoms with E-state index in [1.807, 2.05) is 24.3 Å². The second kappa shape index (κ2) is 11.3. The van der Waals surface area contributed by atoms with E-state index in [4.69, 9.17) is 18.9 Å². The Morgan fingerprint density at radius 2 is 1.42 bits per heavy atom. The molecule has 0 bridgehead atoms. The van der Waals surface area contributed by atoms with Crippen LogP contribution >= 0.6 is 0 Å². The lowest BCUT2D eigenvalue weighted by Crippen LogP contribution is -2.43. The molecule has 0 spiro atoms. The standard InChI is InChI=1S/C28H40O5/c1-21(31-25-15-13-24(30-2)14-16-25)26-28(33-27(29)32-26,19-17-22-9-5-3-6-10-22)20-18-23-11-7-4-8-12-23/h13-16,22-23,26H,1,3-12,17-20H2,2H3. The van der Waals surface area contributed by atoms with Crippen LogP contribution in [0, 0.1) is 11.8 Å².